The van der Waals surface area contributed by atoms with E-state index in [0.717, 1.165) is 17.8 Å². The van der Waals surface area contributed by atoms with Crippen LogP contribution in [0.5, 0.6) is 0 Å². The Morgan fingerprint density at radius 3 is 3.00 bits per heavy atom. The van der Waals surface area contributed by atoms with Crippen molar-refractivity contribution in [3.63, 3.8) is 0 Å². The highest BCUT2D eigenvalue weighted by molar-refractivity contribution is 5.61. The number of hydrogen-bond donors (Lipinski definition) is 0. The van der Waals surface area contributed by atoms with Gasteiger partial charge in [0.15, 0.2) is 0 Å². The molecule has 0 aliphatic rings. The van der Waals surface area contributed by atoms with Crippen LogP contribution in [0.4, 0.5) is 0 Å². The van der Waals surface area contributed by atoms with Crippen molar-refractivity contribution in [2.75, 3.05) is 0 Å². The standard InChI is InChI=1S/C10H12N2O/c1-3-12-10(8(2)6-11-12)9-4-5-13-7-9/h4-7H,3H2,1-2H3. The van der Waals surface area contributed by atoms with E-state index in [0.29, 0.717) is 0 Å². The summed E-state index contributed by atoms with van der Waals surface area (Å²) < 4.78 is 7.02. The summed E-state index contributed by atoms with van der Waals surface area (Å²) in [7, 11) is 0. The monoisotopic (exact) mass is 176 g/mol. The maximum atomic E-state index is 5.05. The second kappa shape index (κ2) is 3.09. The van der Waals surface area contributed by atoms with Crippen molar-refractivity contribution in [1.29, 1.82) is 0 Å². The third-order valence-corrected chi connectivity index (χ3v) is 2.12. The van der Waals surface area contributed by atoms with Crippen molar-refractivity contribution >= 4 is 0 Å². The first kappa shape index (κ1) is 8.10. The molecule has 0 atom stereocenters. The molecule has 68 valence electrons. The third-order valence-electron chi connectivity index (χ3n) is 2.12. The molecule has 0 radical (unpaired) electrons. The molecule has 2 aromatic rings. The van der Waals surface area contributed by atoms with Crippen LogP contribution in [0.15, 0.2) is 29.2 Å². The molecule has 0 spiro atoms. The Labute approximate surface area is 77.0 Å². The average molecular weight is 176 g/mol. The molecule has 0 aliphatic carbocycles. The van der Waals surface area contributed by atoms with E-state index >= 15 is 0 Å². The van der Waals surface area contributed by atoms with Gasteiger partial charge in [-0.1, -0.05) is 0 Å². The first-order valence-corrected chi connectivity index (χ1v) is 4.38. The van der Waals surface area contributed by atoms with Crippen molar-refractivity contribution in [3.05, 3.63) is 30.4 Å². The molecule has 0 amide bonds. The summed E-state index contributed by atoms with van der Waals surface area (Å²) in [5.41, 5.74) is 3.43. The highest BCUT2D eigenvalue weighted by Gasteiger charge is 2.08. The molecule has 0 aliphatic heterocycles. The number of aromatic nitrogens is 2. The van der Waals surface area contributed by atoms with Gasteiger partial charge in [0.25, 0.3) is 0 Å². The van der Waals surface area contributed by atoms with E-state index < -0.39 is 0 Å². The molecule has 0 aromatic carbocycles. The number of furan rings is 1. The predicted molar refractivity (Wildman–Crippen MR) is 50.3 cm³/mol. The molecule has 13 heavy (non-hydrogen) atoms. The van der Waals surface area contributed by atoms with Gasteiger partial charge in [0, 0.05) is 12.1 Å². The van der Waals surface area contributed by atoms with Crippen LogP contribution >= 0.6 is 0 Å². The molecule has 2 heterocycles. The zero-order valence-corrected chi connectivity index (χ0v) is 7.82. The van der Waals surface area contributed by atoms with E-state index in [1.165, 1.54) is 5.56 Å². The number of aryl methyl sites for hydroxylation is 2. The van der Waals surface area contributed by atoms with Gasteiger partial charge in [0.2, 0.25) is 0 Å². The summed E-state index contributed by atoms with van der Waals surface area (Å²) in [6.07, 6.45) is 5.31. The van der Waals surface area contributed by atoms with Gasteiger partial charge in [-0.05, 0) is 25.5 Å². The lowest BCUT2D eigenvalue weighted by Crippen LogP contribution is -1.98. The van der Waals surface area contributed by atoms with Gasteiger partial charge in [-0.2, -0.15) is 5.10 Å². The summed E-state index contributed by atoms with van der Waals surface area (Å²) >= 11 is 0. The van der Waals surface area contributed by atoms with E-state index in [4.69, 9.17) is 4.42 Å². The molecule has 0 bridgehead atoms. The SMILES string of the molecule is CCn1ncc(C)c1-c1ccoc1. The van der Waals surface area contributed by atoms with Crippen LogP contribution in [0.1, 0.15) is 12.5 Å². The van der Waals surface area contributed by atoms with Crippen molar-refractivity contribution in [3.8, 4) is 11.3 Å². The first-order valence-electron chi connectivity index (χ1n) is 4.38. The van der Waals surface area contributed by atoms with Gasteiger partial charge in [-0.3, -0.25) is 4.68 Å². The highest BCUT2D eigenvalue weighted by atomic mass is 16.3. The molecule has 0 N–H and O–H groups in total. The van der Waals surface area contributed by atoms with Gasteiger partial charge in [0.1, 0.15) is 0 Å². The lowest BCUT2D eigenvalue weighted by Gasteiger charge is -2.02. The predicted octanol–water partition coefficient (Wildman–Crippen LogP) is 2.47. The van der Waals surface area contributed by atoms with E-state index in [2.05, 4.69) is 18.9 Å². The smallest absolute Gasteiger partial charge is 0.0996 e. The van der Waals surface area contributed by atoms with Crippen molar-refractivity contribution in [2.45, 2.75) is 20.4 Å². The molecule has 0 saturated carbocycles. The normalized spacial score (nSPS) is 10.6. The van der Waals surface area contributed by atoms with E-state index in [-0.39, 0.29) is 0 Å². The fourth-order valence-corrected chi connectivity index (χ4v) is 1.49. The molecule has 0 saturated heterocycles. The van der Waals surface area contributed by atoms with Crippen molar-refractivity contribution in [2.24, 2.45) is 0 Å². The van der Waals surface area contributed by atoms with Crippen LogP contribution < -0.4 is 0 Å². The maximum Gasteiger partial charge on any atom is 0.0996 e. The second-order valence-corrected chi connectivity index (χ2v) is 3.00. The minimum atomic E-state index is 0.883. The first-order chi connectivity index (χ1) is 6.33. The zero-order valence-electron chi connectivity index (χ0n) is 7.82. The molecular weight excluding hydrogens is 164 g/mol. The average Bonchev–Trinajstić information content (AvgIpc) is 2.72. The van der Waals surface area contributed by atoms with Crippen LogP contribution in [-0.4, -0.2) is 9.78 Å². The minimum absolute atomic E-state index is 0.883. The van der Waals surface area contributed by atoms with Crippen LogP contribution in [0.3, 0.4) is 0 Å². The van der Waals surface area contributed by atoms with Crippen LogP contribution in [0.2, 0.25) is 0 Å². The number of hydrogen-bond acceptors (Lipinski definition) is 2. The summed E-state index contributed by atoms with van der Waals surface area (Å²) in [5.74, 6) is 0. The Hall–Kier alpha value is -1.51. The molecule has 3 heteroatoms. The lowest BCUT2D eigenvalue weighted by molar-refractivity contribution is 0.567. The largest absolute Gasteiger partial charge is 0.472 e. The summed E-state index contributed by atoms with van der Waals surface area (Å²) in [4.78, 5) is 0. The fraction of sp³-hybridized carbons (Fsp3) is 0.300. The third kappa shape index (κ3) is 1.26. The maximum absolute atomic E-state index is 5.05. The number of nitrogens with zero attached hydrogens (tertiary/aromatic N) is 2. The fourth-order valence-electron chi connectivity index (χ4n) is 1.49. The quantitative estimate of drug-likeness (QED) is 0.703. The molecule has 0 fully saturated rings. The van der Waals surface area contributed by atoms with Crippen molar-refractivity contribution < 1.29 is 4.42 Å². The Bertz CT molecular complexity index is 387. The van der Waals surface area contributed by atoms with E-state index in [9.17, 15) is 0 Å². The molecule has 2 aromatic heterocycles. The Balaban J connectivity index is 2.55. The number of rotatable bonds is 2. The summed E-state index contributed by atoms with van der Waals surface area (Å²) in [6.45, 7) is 5.02. The zero-order chi connectivity index (χ0) is 9.26. The van der Waals surface area contributed by atoms with E-state index in [1.807, 2.05) is 16.9 Å². The topological polar surface area (TPSA) is 31.0 Å². The van der Waals surface area contributed by atoms with Crippen molar-refractivity contribution in [1.82, 2.24) is 9.78 Å². The van der Waals surface area contributed by atoms with Gasteiger partial charge >= 0.3 is 0 Å². The molecule has 0 unspecified atom stereocenters. The molecule has 2 rings (SSSR count). The second-order valence-electron chi connectivity index (χ2n) is 3.00. The summed E-state index contributed by atoms with van der Waals surface area (Å²) in [5, 5.41) is 4.27. The Morgan fingerprint density at radius 1 is 1.54 bits per heavy atom. The van der Waals surface area contributed by atoms with Crippen LogP contribution in [0, 0.1) is 6.92 Å². The van der Waals surface area contributed by atoms with Crippen LogP contribution in [-0.2, 0) is 6.54 Å². The van der Waals surface area contributed by atoms with Gasteiger partial charge in [-0.25, -0.2) is 0 Å². The lowest BCUT2D eigenvalue weighted by atomic mass is 10.2. The van der Waals surface area contributed by atoms with Gasteiger partial charge in [0.05, 0.1) is 24.4 Å². The molecular formula is C10H12N2O. The Morgan fingerprint density at radius 2 is 2.38 bits per heavy atom. The van der Waals surface area contributed by atoms with Crippen LogP contribution in [0.25, 0.3) is 11.3 Å². The highest BCUT2D eigenvalue weighted by Crippen LogP contribution is 2.23. The minimum Gasteiger partial charge on any atom is -0.472 e. The molecule has 3 nitrogen and oxygen atoms in total. The summed E-state index contributed by atoms with van der Waals surface area (Å²) in [6, 6.07) is 1.95. The Kier molecular flexibility index (Phi) is 1.93. The van der Waals surface area contributed by atoms with Gasteiger partial charge in [-0.15, -0.1) is 0 Å². The van der Waals surface area contributed by atoms with E-state index in [1.54, 1.807) is 12.5 Å². The van der Waals surface area contributed by atoms with Gasteiger partial charge < -0.3 is 4.42 Å².